The number of likely N-dealkylation sites (N-methyl/N-ethyl adjacent to an activating group) is 1. The Hall–Kier alpha value is -1.06. The molecule has 1 fully saturated rings. The predicted molar refractivity (Wildman–Crippen MR) is 93.2 cm³/mol. The first-order chi connectivity index (χ1) is 10.1. The maximum Gasteiger partial charge on any atom is 0.0396 e. The van der Waals surface area contributed by atoms with Crippen molar-refractivity contribution in [3.05, 3.63) is 35.1 Å². The van der Waals surface area contributed by atoms with Gasteiger partial charge in [0.2, 0.25) is 0 Å². The Balaban J connectivity index is 0.000000491. The molecule has 1 saturated heterocycles. The molecule has 1 aliphatic heterocycles. The van der Waals surface area contributed by atoms with Gasteiger partial charge in [0, 0.05) is 31.9 Å². The van der Waals surface area contributed by atoms with Crippen molar-refractivity contribution in [1.82, 2.24) is 9.80 Å². The third-order valence-corrected chi connectivity index (χ3v) is 4.26. The first-order valence-electron chi connectivity index (χ1n) is 8.35. The second-order valence-corrected chi connectivity index (χ2v) is 5.75. The summed E-state index contributed by atoms with van der Waals surface area (Å²) >= 11 is 0. The zero-order valence-corrected chi connectivity index (χ0v) is 14.4. The normalized spacial score (nSPS) is 19.9. The van der Waals surface area contributed by atoms with E-state index >= 15 is 0 Å². The minimum Gasteiger partial charge on any atom is -0.369 e. The van der Waals surface area contributed by atoms with Gasteiger partial charge in [-0.3, -0.25) is 0 Å². The topological polar surface area (TPSA) is 32.5 Å². The van der Waals surface area contributed by atoms with Crippen molar-refractivity contribution in [2.75, 3.05) is 39.3 Å². The summed E-state index contributed by atoms with van der Waals surface area (Å²) in [6.07, 6.45) is 9.08. The van der Waals surface area contributed by atoms with Gasteiger partial charge in [0.1, 0.15) is 0 Å². The Labute approximate surface area is 131 Å². The lowest BCUT2D eigenvalue weighted by Crippen LogP contribution is -2.45. The minimum atomic E-state index is 0.819. The van der Waals surface area contributed by atoms with E-state index in [0.717, 1.165) is 32.5 Å². The summed E-state index contributed by atoms with van der Waals surface area (Å²) in [5.74, 6) is 0. The number of nitrogens with zero attached hydrogens (tertiary/aromatic N) is 2. The molecule has 2 N–H and O–H groups in total. The summed E-state index contributed by atoms with van der Waals surface area (Å²) in [5.41, 5.74) is 9.35. The van der Waals surface area contributed by atoms with Crippen LogP contribution in [-0.2, 0) is 0 Å². The highest BCUT2D eigenvalue weighted by molar-refractivity contribution is 5.39. The van der Waals surface area contributed by atoms with Gasteiger partial charge in [0.25, 0.3) is 0 Å². The zero-order chi connectivity index (χ0) is 15.7. The molecular weight excluding hydrogens is 258 g/mol. The van der Waals surface area contributed by atoms with Crippen LogP contribution < -0.4 is 5.73 Å². The first kappa shape index (κ1) is 18.0. The van der Waals surface area contributed by atoms with Crippen LogP contribution in [0.15, 0.2) is 35.1 Å². The van der Waals surface area contributed by atoms with Crippen molar-refractivity contribution >= 4 is 0 Å². The van der Waals surface area contributed by atoms with E-state index in [-0.39, 0.29) is 0 Å². The van der Waals surface area contributed by atoms with E-state index in [2.05, 4.69) is 55.7 Å². The number of nitrogens with two attached hydrogens (primary N) is 1. The van der Waals surface area contributed by atoms with Crippen molar-refractivity contribution in [3.63, 3.8) is 0 Å². The SMILES string of the molecule is CCCN.CCN1CCN(C2=C(C)C(C)=CCC=C2)CC1. The van der Waals surface area contributed by atoms with Gasteiger partial charge in [-0.1, -0.05) is 26.0 Å². The molecule has 0 bridgehead atoms. The van der Waals surface area contributed by atoms with Gasteiger partial charge in [0.05, 0.1) is 0 Å². The van der Waals surface area contributed by atoms with Gasteiger partial charge in [-0.15, -0.1) is 0 Å². The summed E-state index contributed by atoms with van der Waals surface area (Å²) in [7, 11) is 0. The van der Waals surface area contributed by atoms with Gasteiger partial charge in [-0.2, -0.15) is 0 Å². The average molecular weight is 291 g/mol. The van der Waals surface area contributed by atoms with Crippen LogP contribution in [0.4, 0.5) is 0 Å². The number of rotatable bonds is 3. The maximum atomic E-state index is 5.03. The van der Waals surface area contributed by atoms with Crippen LogP contribution in [0.3, 0.4) is 0 Å². The van der Waals surface area contributed by atoms with E-state index in [1.807, 2.05) is 0 Å². The van der Waals surface area contributed by atoms with Crippen molar-refractivity contribution in [1.29, 1.82) is 0 Å². The van der Waals surface area contributed by atoms with E-state index in [9.17, 15) is 0 Å². The first-order valence-corrected chi connectivity index (χ1v) is 8.35. The standard InChI is InChI=1S/C15H24N2.C3H9N/c1-4-16-9-11-17(12-10-16)15-8-6-5-7-13(2)14(15)3;1-2-3-4/h6-8H,4-5,9-12H2,1-3H3;2-4H2,1H3. The highest BCUT2D eigenvalue weighted by Gasteiger charge is 2.18. The number of allylic oxidation sites excluding steroid dienone is 5. The van der Waals surface area contributed by atoms with Gasteiger partial charge in [-0.05, 0) is 57.0 Å². The summed E-state index contributed by atoms with van der Waals surface area (Å²) < 4.78 is 0. The molecular formula is C18H33N3. The van der Waals surface area contributed by atoms with Gasteiger partial charge in [0.15, 0.2) is 0 Å². The second kappa shape index (κ2) is 9.80. The molecule has 0 aromatic heterocycles. The van der Waals surface area contributed by atoms with Crippen molar-refractivity contribution in [3.8, 4) is 0 Å². The van der Waals surface area contributed by atoms with Crippen molar-refractivity contribution in [2.24, 2.45) is 5.73 Å². The molecule has 0 amide bonds. The molecule has 0 aromatic rings. The molecule has 0 radical (unpaired) electrons. The molecule has 0 spiro atoms. The van der Waals surface area contributed by atoms with Crippen molar-refractivity contribution in [2.45, 2.75) is 40.5 Å². The molecule has 1 heterocycles. The van der Waals surface area contributed by atoms with Crippen LogP contribution in [0.2, 0.25) is 0 Å². The van der Waals surface area contributed by atoms with Crippen LogP contribution in [0.25, 0.3) is 0 Å². The quantitative estimate of drug-likeness (QED) is 0.867. The van der Waals surface area contributed by atoms with Crippen LogP contribution >= 0.6 is 0 Å². The molecule has 3 nitrogen and oxygen atoms in total. The number of hydrogen-bond donors (Lipinski definition) is 1. The van der Waals surface area contributed by atoms with E-state index in [1.165, 1.54) is 36.5 Å². The van der Waals surface area contributed by atoms with E-state index in [0.29, 0.717) is 0 Å². The second-order valence-electron chi connectivity index (χ2n) is 5.75. The van der Waals surface area contributed by atoms with E-state index in [1.54, 1.807) is 0 Å². The third kappa shape index (κ3) is 5.68. The van der Waals surface area contributed by atoms with Gasteiger partial charge < -0.3 is 15.5 Å². The number of hydrogen-bond acceptors (Lipinski definition) is 3. The Morgan fingerprint density at radius 1 is 1.10 bits per heavy atom. The van der Waals surface area contributed by atoms with Crippen LogP contribution in [0.5, 0.6) is 0 Å². The summed E-state index contributed by atoms with van der Waals surface area (Å²) in [4.78, 5) is 5.07. The summed E-state index contributed by atoms with van der Waals surface area (Å²) in [6.45, 7) is 15.5. The molecule has 2 rings (SSSR count). The van der Waals surface area contributed by atoms with Crippen LogP contribution in [0.1, 0.15) is 40.5 Å². The van der Waals surface area contributed by atoms with E-state index in [4.69, 9.17) is 5.73 Å². The maximum absolute atomic E-state index is 5.03. The largest absolute Gasteiger partial charge is 0.369 e. The molecule has 21 heavy (non-hydrogen) atoms. The third-order valence-electron chi connectivity index (χ3n) is 4.26. The highest BCUT2D eigenvalue weighted by Crippen LogP contribution is 2.23. The smallest absolute Gasteiger partial charge is 0.0396 e. The highest BCUT2D eigenvalue weighted by atomic mass is 15.3. The monoisotopic (exact) mass is 291 g/mol. The van der Waals surface area contributed by atoms with Crippen LogP contribution in [0, 0.1) is 0 Å². The molecule has 0 unspecified atom stereocenters. The lowest BCUT2D eigenvalue weighted by Gasteiger charge is -2.37. The summed E-state index contributed by atoms with van der Waals surface area (Å²) in [5, 5.41) is 0. The lowest BCUT2D eigenvalue weighted by molar-refractivity contribution is 0.167. The zero-order valence-electron chi connectivity index (χ0n) is 14.4. The predicted octanol–water partition coefficient (Wildman–Crippen LogP) is 3.16. The molecule has 0 aromatic carbocycles. The fraction of sp³-hybridized carbons (Fsp3) is 0.667. The molecule has 120 valence electrons. The van der Waals surface area contributed by atoms with Gasteiger partial charge in [-0.25, -0.2) is 0 Å². The fourth-order valence-corrected chi connectivity index (χ4v) is 2.55. The van der Waals surface area contributed by atoms with Gasteiger partial charge >= 0.3 is 0 Å². The average Bonchev–Trinajstić information content (AvgIpc) is 2.70. The Morgan fingerprint density at radius 2 is 1.71 bits per heavy atom. The lowest BCUT2D eigenvalue weighted by atomic mass is 10.1. The molecule has 0 saturated carbocycles. The summed E-state index contributed by atoms with van der Waals surface area (Å²) in [6, 6.07) is 0. The van der Waals surface area contributed by atoms with Crippen molar-refractivity contribution < 1.29 is 0 Å². The Morgan fingerprint density at radius 3 is 2.24 bits per heavy atom. The minimum absolute atomic E-state index is 0.819. The number of piperazine rings is 1. The Bertz CT molecular complexity index is 383. The molecule has 3 heteroatoms. The molecule has 2 aliphatic rings. The Kier molecular flexibility index (Phi) is 8.40. The van der Waals surface area contributed by atoms with Crippen LogP contribution in [-0.4, -0.2) is 49.1 Å². The molecule has 1 aliphatic carbocycles. The fourth-order valence-electron chi connectivity index (χ4n) is 2.55. The molecule has 0 atom stereocenters. The van der Waals surface area contributed by atoms with E-state index < -0.39 is 0 Å².